The molecule has 4 heteroatoms. The fourth-order valence-corrected chi connectivity index (χ4v) is 2.32. The highest BCUT2D eigenvalue weighted by atomic mass is 16.1. The first-order valence-electron chi connectivity index (χ1n) is 7.25. The number of hydrogen-bond donors (Lipinski definition) is 2. The summed E-state index contributed by atoms with van der Waals surface area (Å²) in [5, 5.41) is 12.0. The van der Waals surface area contributed by atoms with Crippen LogP contribution >= 0.6 is 0 Å². The molecule has 0 heterocycles. The van der Waals surface area contributed by atoms with E-state index in [1.165, 1.54) is 4.90 Å². The van der Waals surface area contributed by atoms with Gasteiger partial charge in [-0.1, -0.05) is 36.4 Å². The number of rotatable bonds is 5. The Morgan fingerprint density at radius 1 is 1.18 bits per heavy atom. The van der Waals surface area contributed by atoms with E-state index in [1.807, 2.05) is 30.3 Å². The Morgan fingerprint density at radius 2 is 1.91 bits per heavy atom. The van der Waals surface area contributed by atoms with E-state index in [9.17, 15) is 4.79 Å². The lowest BCUT2D eigenvalue weighted by Gasteiger charge is -2.21. The summed E-state index contributed by atoms with van der Waals surface area (Å²) in [6.45, 7) is 0.785. The molecule has 2 N–H and O–H groups in total. The summed E-state index contributed by atoms with van der Waals surface area (Å²) in [5.74, 6) is -0.160. The van der Waals surface area contributed by atoms with Crippen molar-refractivity contribution < 1.29 is 9.69 Å². The Bertz CT molecular complexity index is 674. The molecular weight excluding hydrogens is 274 g/mol. The van der Waals surface area contributed by atoms with Gasteiger partial charge in [-0.05, 0) is 23.8 Å². The van der Waals surface area contributed by atoms with Crippen LogP contribution in [0, 0.1) is 11.3 Å². The van der Waals surface area contributed by atoms with Crippen LogP contribution < -0.4 is 10.2 Å². The van der Waals surface area contributed by atoms with Crippen LogP contribution in [0.4, 0.5) is 0 Å². The van der Waals surface area contributed by atoms with Crippen LogP contribution in [0.15, 0.2) is 54.6 Å². The number of benzene rings is 2. The predicted molar refractivity (Wildman–Crippen MR) is 85.5 cm³/mol. The summed E-state index contributed by atoms with van der Waals surface area (Å²) in [6, 6.07) is 18.7. The number of carbonyl (C=O) groups is 1. The third kappa shape index (κ3) is 4.18. The standard InChI is InChI=1S/C18H19N3O/c1-21(2)13-17(15-8-4-3-5-9-15)20-18(22)16-10-6-7-14(11-16)12-19/h3-11,17H,13H2,1-2H3,(H,20,22)/p+1/t17-/m0/s1. The largest absolute Gasteiger partial charge is 0.340 e. The van der Waals surface area contributed by atoms with Gasteiger partial charge in [0.25, 0.3) is 5.91 Å². The zero-order valence-electron chi connectivity index (χ0n) is 12.8. The van der Waals surface area contributed by atoms with Crippen molar-refractivity contribution in [2.45, 2.75) is 6.04 Å². The van der Waals surface area contributed by atoms with Crippen molar-refractivity contribution in [1.29, 1.82) is 5.26 Å². The highest BCUT2D eigenvalue weighted by Gasteiger charge is 2.18. The Kier molecular flexibility index (Phi) is 5.29. The molecule has 0 fully saturated rings. The smallest absolute Gasteiger partial charge is 0.252 e. The molecule has 112 valence electrons. The van der Waals surface area contributed by atoms with Gasteiger partial charge in [-0.2, -0.15) is 5.26 Å². The van der Waals surface area contributed by atoms with Gasteiger partial charge < -0.3 is 10.2 Å². The lowest BCUT2D eigenvalue weighted by molar-refractivity contribution is -0.860. The minimum atomic E-state index is -0.160. The molecule has 0 aromatic heterocycles. The number of nitrogens with one attached hydrogen (secondary N) is 2. The number of quaternary nitrogens is 1. The Labute approximate surface area is 131 Å². The summed E-state index contributed by atoms with van der Waals surface area (Å²) in [4.78, 5) is 13.7. The van der Waals surface area contributed by atoms with E-state index in [-0.39, 0.29) is 11.9 Å². The molecule has 4 nitrogen and oxygen atoms in total. The van der Waals surface area contributed by atoms with Crippen LogP contribution in [-0.2, 0) is 0 Å². The average molecular weight is 294 g/mol. The van der Waals surface area contributed by atoms with Gasteiger partial charge in [-0.3, -0.25) is 4.79 Å². The Hall–Kier alpha value is -2.64. The fourth-order valence-electron chi connectivity index (χ4n) is 2.32. The van der Waals surface area contributed by atoms with Crippen molar-refractivity contribution in [3.8, 4) is 6.07 Å². The third-order valence-corrected chi connectivity index (χ3v) is 3.37. The molecule has 1 amide bonds. The normalized spacial score (nSPS) is 11.7. The molecular formula is C18H20N3O+. The van der Waals surface area contributed by atoms with E-state index in [4.69, 9.17) is 5.26 Å². The van der Waals surface area contributed by atoms with Gasteiger partial charge in [-0.25, -0.2) is 0 Å². The second-order valence-corrected chi connectivity index (χ2v) is 5.54. The van der Waals surface area contributed by atoms with Crippen molar-refractivity contribution in [3.63, 3.8) is 0 Å². The molecule has 0 spiro atoms. The van der Waals surface area contributed by atoms with Crippen LogP contribution in [-0.4, -0.2) is 26.5 Å². The maximum absolute atomic E-state index is 12.4. The topological polar surface area (TPSA) is 57.3 Å². The number of nitrogens with zero attached hydrogens (tertiary/aromatic N) is 1. The van der Waals surface area contributed by atoms with Crippen LogP contribution in [0.1, 0.15) is 27.5 Å². The first-order chi connectivity index (χ1) is 10.6. The highest BCUT2D eigenvalue weighted by Crippen LogP contribution is 2.12. The van der Waals surface area contributed by atoms with E-state index in [2.05, 4.69) is 25.5 Å². The molecule has 22 heavy (non-hydrogen) atoms. The molecule has 0 aliphatic carbocycles. The Morgan fingerprint density at radius 3 is 2.55 bits per heavy atom. The monoisotopic (exact) mass is 294 g/mol. The fraction of sp³-hybridized carbons (Fsp3) is 0.222. The van der Waals surface area contributed by atoms with E-state index >= 15 is 0 Å². The molecule has 0 aliphatic heterocycles. The lowest BCUT2D eigenvalue weighted by Crippen LogP contribution is -3.06. The summed E-state index contributed by atoms with van der Waals surface area (Å²) in [6.07, 6.45) is 0. The zero-order chi connectivity index (χ0) is 15.9. The maximum atomic E-state index is 12.4. The number of amides is 1. The van der Waals surface area contributed by atoms with Crippen LogP contribution in [0.2, 0.25) is 0 Å². The predicted octanol–water partition coefficient (Wildman–Crippen LogP) is 1.17. The second kappa shape index (κ2) is 7.39. The summed E-state index contributed by atoms with van der Waals surface area (Å²) in [5.41, 5.74) is 2.07. The van der Waals surface area contributed by atoms with Crippen molar-refractivity contribution >= 4 is 5.91 Å². The molecule has 0 aliphatic rings. The van der Waals surface area contributed by atoms with Crippen LogP contribution in [0.5, 0.6) is 0 Å². The maximum Gasteiger partial charge on any atom is 0.252 e. The molecule has 2 aromatic rings. The van der Waals surface area contributed by atoms with Gasteiger partial charge in [0.15, 0.2) is 0 Å². The van der Waals surface area contributed by atoms with E-state index in [1.54, 1.807) is 24.3 Å². The SMILES string of the molecule is C[NH+](C)C[C@H](NC(=O)c1cccc(C#N)c1)c1ccccc1. The van der Waals surface area contributed by atoms with Gasteiger partial charge >= 0.3 is 0 Å². The van der Waals surface area contributed by atoms with Crippen molar-refractivity contribution in [2.75, 3.05) is 20.6 Å². The number of hydrogen-bond acceptors (Lipinski definition) is 2. The summed E-state index contributed by atoms with van der Waals surface area (Å²) < 4.78 is 0. The van der Waals surface area contributed by atoms with Gasteiger partial charge in [-0.15, -0.1) is 0 Å². The quantitative estimate of drug-likeness (QED) is 0.870. The highest BCUT2D eigenvalue weighted by molar-refractivity contribution is 5.94. The first-order valence-corrected chi connectivity index (χ1v) is 7.25. The second-order valence-electron chi connectivity index (χ2n) is 5.54. The third-order valence-electron chi connectivity index (χ3n) is 3.37. The molecule has 0 unspecified atom stereocenters. The minimum Gasteiger partial charge on any atom is -0.340 e. The first kappa shape index (κ1) is 15.7. The number of carbonyl (C=O) groups excluding carboxylic acids is 1. The molecule has 0 saturated heterocycles. The van der Waals surface area contributed by atoms with Gasteiger partial charge in [0.1, 0.15) is 12.6 Å². The van der Waals surface area contributed by atoms with Crippen LogP contribution in [0.3, 0.4) is 0 Å². The molecule has 2 aromatic carbocycles. The van der Waals surface area contributed by atoms with Crippen LogP contribution in [0.25, 0.3) is 0 Å². The molecule has 0 radical (unpaired) electrons. The average Bonchev–Trinajstić information content (AvgIpc) is 2.54. The van der Waals surface area contributed by atoms with Gasteiger partial charge in [0.2, 0.25) is 0 Å². The molecule has 0 bridgehead atoms. The summed E-state index contributed by atoms with van der Waals surface area (Å²) >= 11 is 0. The van der Waals surface area contributed by atoms with Crippen molar-refractivity contribution in [1.82, 2.24) is 5.32 Å². The molecule has 2 rings (SSSR count). The zero-order valence-corrected chi connectivity index (χ0v) is 12.8. The van der Waals surface area contributed by atoms with E-state index in [0.29, 0.717) is 11.1 Å². The Balaban J connectivity index is 2.19. The minimum absolute atomic E-state index is 0.0653. The number of likely N-dealkylation sites (N-methyl/N-ethyl adjacent to an activating group) is 1. The van der Waals surface area contributed by atoms with Gasteiger partial charge in [0.05, 0.1) is 25.7 Å². The number of nitriles is 1. The molecule has 1 atom stereocenters. The van der Waals surface area contributed by atoms with Crippen molar-refractivity contribution in [3.05, 3.63) is 71.3 Å². The van der Waals surface area contributed by atoms with Crippen molar-refractivity contribution in [2.24, 2.45) is 0 Å². The van der Waals surface area contributed by atoms with Gasteiger partial charge in [0, 0.05) is 5.56 Å². The summed E-state index contributed by atoms with van der Waals surface area (Å²) in [7, 11) is 4.11. The molecule has 0 saturated carbocycles. The van der Waals surface area contributed by atoms with E-state index < -0.39 is 0 Å². The lowest BCUT2D eigenvalue weighted by atomic mass is 10.1. The van der Waals surface area contributed by atoms with E-state index in [0.717, 1.165) is 12.1 Å².